The van der Waals surface area contributed by atoms with Crippen LogP contribution in [-0.2, 0) is 24.6 Å². The molecule has 12 nitrogen and oxygen atoms in total. The maximum absolute atomic E-state index is 15.5. The van der Waals surface area contributed by atoms with E-state index in [9.17, 15) is 19.1 Å². The number of carbonyl (C=O) groups is 4. The van der Waals surface area contributed by atoms with E-state index in [2.05, 4.69) is 10.4 Å². The maximum atomic E-state index is 15.5. The number of nitrogens with zero attached hydrogens (tertiary/aromatic N) is 3. The Morgan fingerprint density at radius 3 is 2.21 bits per heavy atom. The topological polar surface area (TPSA) is 152 Å². The Morgan fingerprint density at radius 2 is 1.54 bits per heavy atom. The molecule has 2 N–H and O–H groups in total. The molecule has 0 bridgehead atoms. The molecule has 61 heavy (non-hydrogen) atoms. The number of hydrogen-bond acceptors (Lipinski definition) is 10. The van der Waals surface area contributed by atoms with E-state index in [1.807, 2.05) is 30.3 Å². The minimum Gasteiger partial charge on any atom is -0.502 e. The first-order valence-electron chi connectivity index (χ1n) is 19.7. The molecule has 4 amide bonds. The van der Waals surface area contributed by atoms with Gasteiger partial charge in [0.2, 0.25) is 23.5 Å². The second-order valence-corrected chi connectivity index (χ2v) is 16.1. The molecule has 0 spiro atoms. The molecule has 1 aromatic heterocycles. The molecule has 3 heterocycles. The summed E-state index contributed by atoms with van der Waals surface area (Å²) in [5.74, 6) is -6.54. The van der Waals surface area contributed by atoms with Crippen LogP contribution < -0.4 is 19.8 Å². The molecule has 0 unspecified atom stereocenters. The number of phenolic OH excluding ortho intramolecular Hbond substituents is 1. The van der Waals surface area contributed by atoms with Gasteiger partial charge in [-0.1, -0.05) is 47.5 Å². The highest BCUT2D eigenvalue weighted by Crippen LogP contribution is 2.65. The molecule has 3 fully saturated rings. The van der Waals surface area contributed by atoms with Crippen molar-refractivity contribution < 1.29 is 42.6 Å². The number of oxazole rings is 1. The number of ether oxygens (including phenoxy) is 2. The summed E-state index contributed by atoms with van der Waals surface area (Å²) >= 11 is 6.42. The van der Waals surface area contributed by atoms with Gasteiger partial charge in [0.1, 0.15) is 11.3 Å². The first-order valence-corrected chi connectivity index (χ1v) is 20.1. The number of allylic oxidation sites excluding steroid dienone is 2. The number of anilines is 2. The van der Waals surface area contributed by atoms with Crippen molar-refractivity contribution in [2.45, 2.75) is 24.2 Å². The normalized spacial score (nSPS) is 24.4. The van der Waals surface area contributed by atoms with Crippen LogP contribution in [0.25, 0.3) is 22.6 Å². The molecular formula is C47H36ClFN4O8. The SMILES string of the molecule is COc1cc([C@H]2C3=CC[C@@H]4C(=O)N(c5ccc(-c6nc7ccccc7o6)cc5)C(=O)[C@@H]4[C@@H]3C[C@H]3C(=O)N(Nc4ccc(F)cc4)C(=O)[C@@]23c2ccc(Cl)cc2)cc(OC)c1O. The summed E-state index contributed by atoms with van der Waals surface area (Å²) in [6, 6.07) is 29.5. The number of aromatic nitrogens is 1. The smallest absolute Gasteiger partial charge is 0.260 e. The van der Waals surface area contributed by atoms with Crippen LogP contribution in [0.2, 0.25) is 5.02 Å². The Balaban J connectivity index is 1.10. The van der Waals surface area contributed by atoms with Crippen molar-refractivity contribution in [3.05, 3.63) is 143 Å². The average molecular weight is 839 g/mol. The minimum absolute atomic E-state index is 0.0359. The zero-order valence-electron chi connectivity index (χ0n) is 32.7. The van der Waals surface area contributed by atoms with E-state index in [-0.39, 0.29) is 36.0 Å². The van der Waals surface area contributed by atoms with Gasteiger partial charge in [-0.2, -0.15) is 5.01 Å². The van der Waals surface area contributed by atoms with E-state index in [1.165, 1.54) is 43.4 Å². The standard InChI is InChI=1S/C47H36ClFN4O8/c1-59-37-21-25(22-38(60-2)41(37)54)40-31-19-20-32-39(45(57)52(43(32)55)30-17-7-24(8-18-30)42-50-35-5-3-4-6-36(35)61-42)33(31)23-34-44(56)53(51-29-15-13-28(49)14-16-29)46(58)47(34,40)26-9-11-27(48)12-10-26/h3-19,21-22,32-34,39-40,51,54H,20,23H2,1-2H3/t32-,33+,34-,39-,40-,47+/m0/s1. The highest BCUT2D eigenvalue weighted by Gasteiger charge is 2.70. The number of halogens is 2. The number of fused-ring (bicyclic) bond motifs is 5. The molecule has 2 aliphatic carbocycles. The van der Waals surface area contributed by atoms with E-state index in [1.54, 1.807) is 60.7 Å². The predicted molar refractivity (Wildman–Crippen MR) is 222 cm³/mol. The molecule has 306 valence electrons. The highest BCUT2D eigenvalue weighted by atomic mass is 35.5. The highest BCUT2D eigenvalue weighted by molar-refractivity contribution is 6.30. The lowest BCUT2D eigenvalue weighted by molar-refractivity contribution is -0.138. The van der Waals surface area contributed by atoms with Crippen molar-refractivity contribution in [1.29, 1.82) is 0 Å². The summed E-state index contributed by atoms with van der Waals surface area (Å²) in [5.41, 5.74) is 5.59. The van der Waals surface area contributed by atoms with Crippen LogP contribution in [0.3, 0.4) is 0 Å². The van der Waals surface area contributed by atoms with Crippen molar-refractivity contribution in [3.8, 4) is 28.7 Å². The van der Waals surface area contributed by atoms with Gasteiger partial charge in [-0.3, -0.25) is 29.5 Å². The number of imide groups is 2. The van der Waals surface area contributed by atoms with Gasteiger partial charge in [0, 0.05) is 16.5 Å². The zero-order chi connectivity index (χ0) is 42.3. The first-order chi connectivity index (χ1) is 29.5. The number of nitrogens with one attached hydrogen (secondary N) is 1. The number of para-hydroxylation sites is 2. The van der Waals surface area contributed by atoms with Gasteiger partial charge >= 0.3 is 0 Å². The summed E-state index contributed by atoms with van der Waals surface area (Å²) in [6.07, 6.45) is 2.14. The number of methoxy groups -OCH3 is 2. The largest absolute Gasteiger partial charge is 0.502 e. The molecule has 0 radical (unpaired) electrons. The van der Waals surface area contributed by atoms with Gasteiger partial charge in [-0.15, -0.1) is 0 Å². The predicted octanol–water partition coefficient (Wildman–Crippen LogP) is 8.20. The lowest BCUT2D eigenvalue weighted by atomic mass is 9.49. The zero-order valence-corrected chi connectivity index (χ0v) is 33.4. The summed E-state index contributed by atoms with van der Waals surface area (Å²) in [5, 5.41) is 12.4. The Bertz CT molecular complexity index is 2770. The van der Waals surface area contributed by atoms with Crippen LogP contribution in [0.1, 0.15) is 29.9 Å². The molecule has 6 atom stereocenters. The Labute approximate surface area is 353 Å². The van der Waals surface area contributed by atoms with E-state index in [4.69, 9.17) is 25.5 Å². The Hall–Kier alpha value is -6.99. The Morgan fingerprint density at radius 1 is 0.852 bits per heavy atom. The molecule has 14 heteroatoms. The van der Waals surface area contributed by atoms with Gasteiger partial charge in [0.05, 0.1) is 48.8 Å². The van der Waals surface area contributed by atoms with Crippen LogP contribution in [0.15, 0.2) is 125 Å². The summed E-state index contributed by atoms with van der Waals surface area (Å²) in [7, 11) is 2.78. The van der Waals surface area contributed by atoms with Crippen LogP contribution >= 0.6 is 11.6 Å². The molecule has 2 aliphatic heterocycles. The van der Waals surface area contributed by atoms with E-state index in [0.29, 0.717) is 55.7 Å². The van der Waals surface area contributed by atoms with Crippen molar-refractivity contribution >= 4 is 57.7 Å². The number of amides is 4. The molecule has 2 saturated heterocycles. The first kappa shape index (κ1) is 38.2. The molecule has 5 aromatic carbocycles. The van der Waals surface area contributed by atoms with E-state index < -0.39 is 58.5 Å². The summed E-state index contributed by atoms with van der Waals surface area (Å²) < 4.78 is 31.2. The lowest BCUT2D eigenvalue weighted by Crippen LogP contribution is -2.53. The van der Waals surface area contributed by atoms with Gasteiger partial charge in [-0.05, 0) is 115 Å². The number of benzene rings is 5. The Kier molecular flexibility index (Phi) is 8.98. The maximum Gasteiger partial charge on any atom is 0.260 e. The second-order valence-electron chi connectivity index (χ2n) is 15.7. The minimum atomic E-state index is -1.65. The summed E-state index contributed by atoms with van der Waals surface area (Å²) in [4.78, 5) is 65.6. The fraction of sp³-hybridized carbons (Fsp3) is 0.213. The summed E-state index contributed by atoms with van der Waals surface area (Å²) in [6.45, 7) is 0. The van der Waals surface area contributed by atoms with Gasteiger partial charge in [0.15, 0.2) is 17.1 Å². The fourth-order valence-corrected chi connectivity index (χ4v) is 10.2. The third kappa shape index (κ3) is 5.74. The molecule has 10 rings (SSSR count). The lowest BCUT2D eigenvalue weighted by Gasteiger charge is -2.50. The number of phenols is 1. The molecule has 6 aromatic rings. The molecule has 4 aliphatic rings. The average Bonchev–Trinajstić information content (AvgIpc) is 3.89. The van der Waals surface area contributed by atoms with Crippen molar-refractivity contribution in [2.75, 3.05) is 24.5 Å². The third-order valence-electron chi connectivity index (χ3n) is 12.8. The van der Waals surface area contributed by atoms with Crippen molar-refractivity contribution in [1.82, 2.24) is 9.99 Å². The number of carbonyl (C=O) groups excluding carboxylic acids is 4. The number of hydrogen-bond donors (Lipinski definition) is 2. The monoisotopic (exact) mass is 838 g/mol. The fourth-order valence-electron chi connectivity index (χ4n) is 10.1. The molecule has 1 saturated carbocycles. The van der Waals surface area contributed by atoms with E-state index >= 15 is 9.59 Å². The van der Waals surface area contributed by atoms with Crippen LogP contribution in [0.4, 0.5) is 15.8 Å². The van der Waals surface area contributed by atoms with Gasteiger partial charge < -0.3 is 19.0 Å². The second kappa shape index (κ2) is 14.3. The number of aromatic hydroxyl groups is 1. The van der Waals surface area contributed by atoms with Gasteiger partial charge in [0.25, 0.3) is 11.8 Å². The van der Waals surface area contributed by atoms with Crippen molar-refractivity contribution in [3.63, 3.8) is 0 Å². The quantitative estimate of drug-likeness (QED) is 0.113. The van der Waals surface area contributed by atoms with E-state index in [0.717, 1.165) is 5.01 Å². The number of hydrazine groups is 1. The van der Waals surface area contributed by atoms with Gasteiger partial charge in [-0.25, -0.2) is 9.37 Å². The third-order valence-corrected chi connectivity index (χ3v) is 13.0. The molecular weight excluding hydrogens is 803 g/mol. The number of rotatable bonds is 8. The van der Waals surface area contributed by atoms with Crippen LogP contribution in [-0.4, -0.2) is 52.9 Å². The van der Waals surface area contributed by atoms with Crippen LogP contribution in [0.5, 0.6) is 17.2 Å². The van der Waals surface area contributed by atoms with Crippen molar-refractivity contribution in [2.24, 2.45) is 23.7 Å². The van der Waals surface area contributed by atoms with Crippen LogP contribution in [0, 0.1) is 29.5 Å².